The number of nitrogens with one attached hydrogen (secondary N) is 1. The maximum absolute atomic E-state index is 6.27. The van der Waals surface area contributed by atoms with Gasteiger partial charge in [-0.05, 0) is 61.5 Å². The summed E-state index contributed by atoms with van der Waals surface area (Å²) in [5.74, 6) is 0. The number of rotatable bonds is 5. The van der Waals surface area contributed by atoms with Gasteiger partial charge in [-0.15, -0.1) is 0 Å². The predicted octanol–water partition coefficient (Wildman–Crippen LogP) is 5.14. The van der Waals surface area contributed by atoms with Crippen molar-refractivity contribution in [1.29, 1.82) is 0 Å². The molecule has 0 bridgehead atoms. The summed E-state index contributed by atoms with van der Waals surface area (Å²) in [4.78, 5) is 11.9. The first-order valence-electron chi connectivity index (χ1n) is 12.8. The number of hydrogen-bond donors (Lipinski definition) is 1. The zero-order valence-corrected chi connectivity index (χ0v) is 21.0. The van der Waals surface area contributed by atoms with Crippen molar-refractivity contribution in [3.8, 4) is 11.1 Å². The summed E-state index contributed by atoms with van der Waals surface area (Å²) in [7, 11) is 2.18. The van der Waals surface area contributed by atoms with Gasteiger partial charge in [0.15, 0.2) is 5.58 Å². The highest BCUT2D eigenvalue weighted by atomic mass is 16.5. The van der Waals surface area contributed by atoms with Crippen LogP contribution in [-0.4, -0.2) is 69.4 Å². The van der Waals surface area contributed by atoms with Gasteiger partial charge in [-0.3, -0.25) is 0 Å². The Balaban J connectivity index is 1.25. The topological polar surface area (TPSA) is 57.0 Å². The lowest BCUT2D eigenvalue weighted by Gasteiger charge is -2.34. The summed E-state index contributed by atoms with van der Waals surface area (Å²) in [5.41, 5.74) is 8.56. The lowest BCUT2D eigenvalue weighted by molar-refractivity contribution is 0.122. The van der Waals surface area contributed by atoms with Crippen LogP contribution in [0.25, 0.3) is 22.2 Å². The number of benzene rings is 3. The second kappa shape index (κ2) is 9.84. The van der Waals surface area contributed by atoms with Crippen LogP contribution in [0, 0.1) is 6.92 Å². The third kappa shape index (κ3) is 4.64. The third-order valence-corrected chi connectivity index (χ3v) is 7.24. The van der Waals surface area contributed by atoms with Crippen molar-refractivity contribution in [2.75, 3.05) is 74.6 Å². The molecule has 2 aliphatic heterocycles. The quantitative estimate of drug-likeness (QED) is 0.422. The van der Waals surface area contributed by atoms with Crippen molar-refractivity contribution in [2.45, 2.75) is 6.92 Å². The van der Waals surface area contributed by atoms with Gasteiger partial charge in [-0.25, -0.2) is 0 Å². The van der Waals surface area contributed by atoms with Crippen LogP contribution in [0.3, 0.4) is 0 Å². The van der Waals surface area contributed by atoms with Crippen LogP contribution in [0.15, 0.2) is 65.1 Å². The summed E-state index contributed by atoms with van der Waals surface area (Å²) >= 11 is 0. The first kappa shape index (κ1) is 22.9. The Hall–Kier alpha value is -3.55. The molecule has 3 aromatic carbocycles. The number of ether oxygens (including phenoxy) is 1. The molecule has 36 heavy (non-hydrogen) atoms. The van der Waals surface area contributed by atoms with Crippen molar-refractivity contribution < 1.29 is 9.15 Å². The second-order valence-corrected chi connectivity index (χ2v) is 9.74. The molecule has 7 nitrogen and oxygen atoms in total. The Morgan fingerprint density at radius 1 is 0.833 bits per heavy atom. The van der Waals surface area contributed by atoms with Crippen LogP contribution < -0.4 is 15.1 Å². The van der Waals surface area contributed by atoms with Gasteiger partial charge in [-0.2, -0.15) is 4.98 Å². The number of anilines is 4. The SMILES string of the molecule is Cc1cc(-c2cccc3nc(Nc4cccc(N5CCN(C)CC5)c4)oc23)ccc1N1CCOCC1. The molecule has 3 heterocycles. The van der Waals surface area contributed by atoms with Crippen molar-refractivity contribution >= 4 is 34.2 Å². The van der Waals surface area contributed by atoms with E-state index in [1.807, 2.05) is 12.1 Å². The van der Waals surface area contributed by atoms with E-state index in [1.165, 1.54) is 16.9 Å². The molecule has 6 rings (SSSR count). The van der Waals surface area contributed by atoms with Gasteiger partial charge in [0, 0.05) is 61.9 Å². The minimum Gasteiger partial charge on any atom is -0.423 e. The molecule has 0 unspecified atom stereocenters. The van der Waals surface area contributed by atoms with E-state index in [4.69, 9.17) is 14.1 Å². The van der Waals surface area contributed by atoms with E-state index in [9.17, 15) is 0 Å². The highest BCUT2D eigenvalue weighted by Gasteiger charge is 2.17. The molecule has 186 valence electrons. The van der Waals surface area contributed by atoms with Crippen LogP contribution in [0.2, 0.25) is 0 Å². The van der Waals surface area contributed by atoms with Crippen LogP contribution in [-0.2, 0) is 4.74 Å². The molecule has 2 saturated heterocycles. The Morgan fingerprint density at radius 2 is 1.64 bits per heavy atom. The molecule has 4 aromatic rings. The maximum atomic E-state index is 6.27. The molecule has 1 N–H and O–H groups in total. The number of fused-ring (bicyclic) bond motifs is 1. The second-order valence-electron chi connectivity index (χ2n) is 9.74. The minimum absolute atomic E-state index is 0.509. The number of oxazole rings is 1. The summed E-state index contributed by atoms with van der Waals surface area (Å²) < 4.78 is 11.8. The van der Waals surface area contributed by atoms with E-state index in [1.54, 1.807) is 0 Å². The number of aromatic nitrogens is 1. The van der Waals surface area contributed by atoms with Gasteiger partial charge in [-0.1, -0.05) is 24.3 Å². The lowest BCUT2D eigenvalue weighted by Crippen LogP contribution is -2.44. The molecule has 0 aliphatic carbocycles. The lowest BCUT2D eigenvalue weighted by atomic mass is 10.0. The summed E-state index contributed by atoms with van der Waals surface area (Å²) in [6, 6.07) is 21.8. The van der Waals surface area contributed by atoms with E-state index in [0.717, 1.165) is 80.4 Å². The van der Waals surface area contributed by atoms with Crippen LogP contribution in [0.5, 0.6) is 0 Å². The van der Waals surface area contributed by atoms with Gasteiger partial charge < -0.3 is 29.2 Å². The maximum Gasteiger partial charge on any atom is 0.300 e. The molecule has 2 aliphatic rings. The fourth-order valence-electron chi connectivity index (χ4n) is 5.18. The molecule has 2 fully saturated rings. The smallest absolute Gasteiger partial charge is 0.300 e. The van der Waals surface area contributed by atoms with Crippen LogP contribution in [0.1, 0.15) is 5.56 Å². The Kier molecular flexibility index (Phi) is 6.25. The molecule has 0 amide bonds. The number of likely N-dealkylation sites (N-methyl/N-ethyl adjacent to an activating group) is 1. The number of hydrogen-bond acceptors (Lipinski definition) is 7. The average molecular weight is 484 g/mol. The van der Waals surface area contributed by atoms with Crippen molar-refractivity contribution in [1.82, 2.24) is 9.88 Å². The predicted molar refractivity (Wildman–Crippen MR) is 147 cm³/mol. The molecule has 0 radical (unpaired) electrons. The van der Waals surface area contributed by atoms with Crippen molar-refractivity contribution in [3.63, 3.8) is 0 Å². The van der Waals surface area contributed by atoms with Crippen molar-refractivity contribution in [3.05, 3.63) is 66.2 Å². The summed E-state index contributed by atoms with van der Waals surface area (Å²) in [6.45, 7) is 9.85. The highest BCUT2D eigenvalue weighted by Crippen LogP contribution is 2.34. The van der Waals surface area contributed by atoms with E-state index in [2.05, 4.69) is 82.5 Å². The Labute approximate surface area is 212 Å². The number of aryl methyl sites for hydroxylation is 1. The standard InChI is InChI=1S/C29H33N5O2/c1-21-19-22(9-10-27(21)34-15-17-35-18-16-34)25-7-4-8-26-28(25)36-29(31-26)30-23-5-3-6-24(20-23)33-13-11-32(2)12-14-33/h3-10,19-20H,11-18H2,1-2H3,(H,30,31). The van der Waals surface area contributed by atoms with Gasteiger partial charge in [0.2, 0.25) is 0 Å². The molecular formula is C29H33N5O2. The van der Waals surface area contributed by atoms with Gasteiger partial charge in [0.25, 0.3) is 6.01 Å². The Bertz CT molecular complexity index is 1350. The summed E-state index contributed by atoms with van der Waals surface area (Å²) in [5, 5.41) is 3.39. The van der Waals surface area contributed by atoms with Gasteiger partial charge >= 0.3 is 0 Å². The molecule has 0 saturated carbocycles. The average Bonchev–Trinajstić information content (AvgIpc) is 3.32. The zero-order chi connectivity index (χ0) is 24.5. The first-order valence-corrected chi connectivity index (χ1v) is 12.8. The van der Waals surface area contributed by atoms with Gasteiger partial charge in [0.05, 0.1) is 13.2 Å². The third-order valence-electron chi connectivity index (χ3n) is 7.24. The van der Waals surface area contributed by atoms with Crippen LogP contribution >= 0.6 is 0 Å². The zero-order valence-electron chi connectivity index (χ0n) is 21.0. The van der Waals surface area contributed by atoms with E-state index >= 15 is 0 Å². The van der Waals surface area contributed by atoms with E-state index in [0.29, 0.717) is 6.01 Å². The highest BCUT2D eigenvalue weighted by molar-refractivity contribution is 5.92. The first-order chi connectivity index (χ1) is 17.6. The van der Waals surface area contributed by atoms with Gasteiger partial charge in [0.1, 0.15) is 5.52 Å². The normalized spacial score (nSPS) is 17.1. The molecule has 0 spiro atoms. The fourth-order valence-corrected chi connectivity index (χ4v) is 5.18. The molecule has 1 aromatic heterocycles. The number of piperazine rings is 1. The molecule has 0 atom stereocenters. The largest absolute Gasteiger partial charge is 0.423 e. The summed E-state index contributed by atoms with van der Waals surface area (Å²) in [6.07, 6.45) is 0. The van der Waals surface area contributed by atoms with Crippen molar-refractivity contribution in [2.24, 2.45) is 0 Å². The monoisotopic (exact) mass is 483 g/mol. The fraction of sp³-hybridized carbons (Fsp3) is 0.345. The molecule has 7 heteroatoms. The van der Waals surface area contributed by atoms with Crippen LogP contribution in [0.4, 0.5) is 23.1 Å². The number of para-hydroxylation sites is 1. The van der Waals surface area contributed by atoms with E-state index < -0.39 is 0 Å². The van der Waals surface area contributed by atoms with E-state index in [-0.39, 0.29) is 0 Å². The number of nitrogens with zero attached hydrogens (tertiary/aromatic N) is 4. The number of morpholine rings is 1. The Morgan fingerprint density at radius 3 is 2.44 bits per heavy atom. The molecular weight excluding hydrogens is 450 g/mol. The minimum atomic E-state index is 0.509.